The molecule has 7 rings (SSSR count). The maximum absolute atomic E-state index is 13.6. The molecule has 0 radical (unpaired) electrons. The van der Waals surface area contributed by atoms with Gasteiger partial charge in [0.15, 0.2) is 37.7 Å². The van der Waals surface area contributed by atoms with Crippen LogP contribution in [0.15, 0.2) is 0 Å². The van der Waals surface area contributed by atoms with Gasteiger partial charge in [-0.15, -0.1) is 0 Å². The van der Waals surface area contributed by atoms with Crippen molar-refractivity contribution in [2.45, 2.75) is 260 Å². The van der Waals surface area contributed by atoms with E-state index >= 15 is 0 Å². The highest BCUT2D eigenvalue weighted by Gasteiger charge is 2.62. The molecule has 25 N–H and O–H groups in total. The van der Waals surface area contributed by atoms with Gasteiger partial charge in [0.2, 0.25) is 35.8 Å². The van der Waals surface area contributed by atoms with E-state index in [0.29, 0.717) is 0 Å². The Balaban J connectivity index is 1.28. The van der Waals surface area contributed by atoms with Crippen molar-refractivity contribution in [2.24, 2.45) is 0 Å². The maximum Gasteiger partial charge on any atom is 0.217 e. The van der Waals surface area contributed by atoms with Crippen molar-refractivity contribution in [1.82, 2.24) is 26.6 Å². The van der Waals surface area contributed by atoms with Gasteiger partial charge in [-0.1, -0.05) is 0 Å². The van der Waals surface area contributed by atoms with Crippen LogP contribution in [0.4, 0.5) is 0 Å². The van der Waals surface area contributed by atoms with E-state index in [4.69, 9.17) is 66.3 Å². The molecule has 0 aliphatic carbocycles. The third-order valence-corrected chi connectivity index (χ3v) is 18.1. The van der Waals surface area contributed by atoms with E-state index in [1.807, 2.05) is 0 Å². The number of nitrogens with one attached hydrogen (secondary N) is 5. The van der Waals surface area contributed by atoms with Crippen molar-refractivity contribution >= 4 is 36.0 Å². The van der Waals surface area contributed by atoms with Crippen LogP contribution in [0, 0.1) is 0 Å². The molecule has 5 amide bonds. The molecule has 0 aromatic carbocycles. The van der Waals surface area contributed by atoms with Crippen molar-refractivity contribution in [2.75, 3.05) is 59.5 Å². The van der Waals surface area contributed by atoms with E-state index in [0.717, 1.165) is 27.7 Å². The predicted octanol–water partition coefficient (Wildman–Crippen LogP) is -18.7. The minimum atomic E-state index is -3.56. The topological polar surface area (TPSA) is 719 Å². The van der Waals surface area contributed by atoms with Gasteiger partial charge in [-0.2, -0.15) is 0 Å². The van der Waals surface area contributed by atoms with Crippen molar-refractivity contribution in [1.29, 1.82) is 0 Å². The van der Waals surface area contributed by atoms with Gasteiger partial charge in [0.25, 0.3) is 0 Å². The van der Waals surface area contributed by atoms with Crippen LogP contribution in [0.25, 0.3) is 0 Å². The molecule has 0 bridgehead atoms. The van der Waals surface area contributed by atoms with Crippen molar-refractivity contribution in [3.8, 4) is 0 Å². The number of hydrogen-bond acceptors (Lipinski definition) is 41. The zero-order chi connectivity index (χ0) is 76.4. The number of carboxylic acid groups (broad SMARTS) is 1. The Morgan fingerprint density at radius 1 is 0.447 bits per heavy atom. The van der Waals surface area contributed by atoms with Crippen LogP contribution in [0.2, 0.25) is 0 Å². The summed E-state index contributed by atoms with van der Waals surface area (Å²) < 4.78 is 83.4. The van der Waals surface area contributed by atoms with Crippen LogP contribution >= 0.6 is 0 Å². The molecule has 0 unspecified atom stereocenters. The molecular weight excluding hydrogens is 1410 g/mol. The van der Waals surface area contributed by atoms with E-state index in [-0.39, 0.29) is 6.41 Å². The SMILES string of the molecule is CC(=O)N[C@H]1[C@H](O[C@@H]2[C@@H](O)[C@H](O[C@H]3[C@H](O)[C@@H](O)[C@H](OC[C@@H](CO)NC=O)O[C@@H]3CO)O[C@H](CO)[C@@H]2O[C@@H]2O[C@H](CO)[C@H](O)[C@H](O)[C@H]2NC(C)=O)O[C@H](CO)[C@H](O[C@@H]2O[C@H](CO)[C@H](O[C@@H]3O[C@H](CO)[C@H](O)[C@H](O)[C@H]3NC(C)=O)[C@H](O[C@]3(C(=O)[O-])C[C@H](O)[C@@H](NC(C)=O)[C@H]([C@H](O)[C@H](O)CO)O3)[C@H]2O)[C@@H]1O. The van der Waals surface area contributed by atoms with E-state index in [2.05, 4.69) is 26.6 Å². The predicted molar refractivity (Wildman–Crippen MR) is 317 cm³/mol. The Labute approximate surface area is 583 Å². The fraction of sp³-hybridized carbons (Fsp3) is 0.895. The minimum Gasteiger partial charge on any atom is -0.544 e. The zero-order valence-corrected chi connectivity index (χ0v) is 55.5. The number of aliphatic hydroxyl groups is 20. The van der Waals surface area contributed by atoms with E-state index in [1.54, 1.807) is 0 Å². The average Bonchev–Trinajstić information content (AvgIpc) is 0.749. The third-order valence-electron chi connectivity index (χ3n) is 18.1. The molecule has 7 aliphatic heterocycles. The molecule has 594 valence electrons. The Bertz CT molecular complexity index is 2730. The Hall–Kier alpha value is -4.54. The summed E-state index contributed by atoms with van der Waals surface area (Å²) in [7, 11) is 0. The molecule has 7 fully saturated rings. The number of rotatable bonds is 32. The summed E-state index contributed by atoms with van der Waals surface area (Å²) in [5, 5.41) is 247. The fourth-order valence-electron chi connectivity index (χ4n) is 12.9. The largest absolute Gasteiger partial charge is 0.544 e. The van der Waals surface area contributed by atoms with Crippen LogP contribution in [0.1, 0.15) is 34.1 Å². The highest BCUT2D eigenvalue weighted by molar-refractivity contribution is 5.76. The van der Waals surface area contributed by atoms with Gasteiger partial charge in [0.1, 0.15) is 171 Å². The smallest absolute Gasteiger partial charge is 0.217 e. The van der Waals surface area contributed by atoms with Gasteiger partial charge >= 0.3 is 0 Å². The van der Waals surface area contributed by atoms with Gasteiger partial charge in [-0.25, -0.2) is 0 Å². The van der Waals surface area contributed by atoms with Gasteiger partial charge in [0.05, 0.1) is 77.6 Å². The summed E-state index contributed by atoms with van der Waals surface area (Å²) in [5.74, 6) is -9.80. The van der Waals surface area contributed by atoms with Crippen LogP contribution in [-0.2, 0) is 95.1 Å². The van der Waals surface area contributed by atoms with Crippen LogP contribution in [0.5, 0.6) is 0 Å². The molecule has 37 atom stereocenters. The van der Waals surface area contributed by atoms with Crippen LogP contribution < -0.4 is 31.7 Å². The highest BCUT2D eigenvalue weighted by atomic mass is 16.8. The number of carboxylic acids is 1. The summed E-state index contributed by atoms with van der Waals surface area (Å²) in [6, 6.07) is -8.70. The van der Waals surface area contributed by atoms with Crippen LogP contribution in [0.3, 0.4) is 0 Å². The number of aliphatic carboxylic acids is 1. The van der Waals surface area contributed by atoms with Crippen molar-refractivity contribution < 1.29 is 202 Å². The lowest BCUT2D eigenvalue weighted by atomic mass is 9.88. The van der Waals surface area contributed by atoms with Gasteiger partial charge in [-0.3, -0.25) is 24.0 Å². The van der Waals surface area contributed by atoms with Gasteiger partial charge < -0.3 is 205 Å². The molecule has 0 saturated carbocycles. The van der Waals surface area contributed by atoms with E-state index < -0.39 is 322 Å². The standard InChI is InChI=1S/C57H95N5O41/c1-16(72)59-29-21(76)5-57(56(88)89,102-47(29)33(78)22(77)7-64)103-49-42(87)55(96-28(13-70)46(49)100-51-31(61-18(3)74)37(82)35(80)24(9-66)92-51)97-43-25(10-67)93-52(32(38(43)83)62-19(4)75)101-48-41(86)54(98-44-26(11-68)94-53(40(85)39(44)84)90-14-20(6-63)58-15-71)95-27(12-69)45(48)99-50-30(60-17(2)73)36(81)34(79)23(8-65)91-50/h15,20-55,63-70,76-87H,5-14H2,1-4H3,(H,58,71)(H,59,72)(H,60,73)(H,61,74)(H,62,75)(H,88,89)/p-1/t20-,21+,22-,23-,24-,25-,26-,27-,28-,29-,30-,31-,32-,33-,34+,35+,36-,37-,38-,39-,40-,41-,42-,43+,44-,45+,46+,47-,48-,49-,50+,51+,52+,53-,54+,55+,57+/m1/s1. The Kier molecular flexibility index (Phi) is 31.6. The first-order valence-electron chi connectivity index (χ1n) is 32.4. The number of amides is 5. The minimum absolute atomic E-state index is 0.229. The fourth-order valence-corrected chi connectivity index (χ4v) is 12.9. The first-order chi connectivity index (χ1) is 48.7. The quantitative estimate of drug-likeness (QED) is 0.0278. The number of hydrogen-bond donors (Lipinski definition) is 25. The first-order valence-corrected chi connectivity index (χ1v) is 32.4. The second kappa shape index (κ2) is 38.0. The summed E-state index contributed by atoms with van der Waals surface area (Å²) in [6.45, 7) is -5.77. The molecule has 103 heavy (non-hydrogen) atoms. The first kappa shape index (κ1) is 85.7. The van der Waals surface area contributed by atoms with Crippen molar-refractivity contribution in [3.05, 3.63) is 0 Å². The molecule has 0 spiro atoms. The second-order valence-corrected chi connectivity index (χ2v) is 25.4. The Morgan fingerprint density at radius 2 is 0.816 bits per heavy atom. The highest BCUT2D eigenvalue weighted by Crippen LogP contribution is 2.42. The van der Waals surface area contributed by atoms with E-state index in [9.17, 15) is 136 Å². The maximum atomic E-state index is 13.6. The molecule has 7 aliphatic rings. The number of ether oxygens (including phenoxy) is 14. The number of carbonyl (C=O) groups excluding carboxylic acids is 6. The zero-order valence-electron chi connectivity index (χ0n) is 55.5. The van der Waals surface area contributed by atoms with E-state index in [1.165, 1.54) is 0 Å². The number of carbonyl (C=O) groups is 6. The molecule has 0 aromatic rings. The van der Waals surface area contributed by atoms with Gasteiger partial charge in [0, 0.05) is 34.1 Å². The molecule has 0 aromatic heterocycles. The summed E-state index contributed by atoms with van der Waals surface area (Å²) in [6.07, 6.45) is -68.1. The average molecular weight is 1510 g/mol. The second-order valence-electron chi connectivity index (χ2n) is 25.4. The lowest BCUT2D eigenvalue weighted by Crippen LogP contribution is -2.73. The Morgan fingerprint density at radius 3 is 1.23 bits per heavy atom. The lowest BCUT2D eigenvalue weighted by Gasteiger charge is -2.54. The summed E-state index contributed by atoms with van der Waals surface area (Å²) >= 11 is 0. The summed E-state index contributed by atoms with van der Waals surface area (Å²) in [5.41, 5.74) is 0. The molecule has 46 heteroatoms. The summed E-state index contributed by atoms with van der Waals surface area (Å²) in [4.78, 5) is 75.5. The van der Waals surface area contributed by atoms with Crippen molar-refractivity contribution in [3.63, 3.8) is 0 Å². The molecule has 7 saturated heterocycles. The van der Waals surface area contributed by atoms with Crippen LogP contribution in [-0.4, -0.2) is 424 Å². The molecule has 46 nitrogen and oxygen atoms in total. The lowest BCUT2D eigenvalue weighted by molar-refractivity contribution is -0.420. The third kappa shape index (κ3) is 19.7. The molecular formula is C57H94N5O41-. The normalized spacial score (nSPS) is 43.9. The molecule has 7 heterocycles. The number of aliphatic hydroxyl groups excluding tert-OH is 20. The van der Waals surface area contributed by atoms with Gasteiger partial charge in [-0.05, 0) is 0 Å². The monoisotopic (exact) mass is 1500 g/mol.